The van der Waals surface area contributed by atoms with Crippen molar-refractivity contribution >= 4 is 28.8 Å². The molecule has 102 valence electrons. The van der Waals surface area contributed by atoms with Crippen LogP contribution in [-0.4, -0.2) is 35.3 Å². The average molecular weight is 278 g/mol. The van der Waals surface area contributed by atoms with Crippen molar-refractivity contribution in [3.8, 4) is 0 Å². The average Bonchev–Trinajstić information content (AvgIpc) is 3.02. The normalized spacial score (nSPS) is 27.3. The predicted molar refractivity (Wildman–Crippen MR) is 75.2 cm³/mol. The van der Waals surface area contributed by atoms with Crippen molar-refractivity contribution in [3.63, 3.8) is 0 Å². The third-order valence-electron chi connectivity index (χ3n) is 4.01. The van der Waals surface area contributed by atoms with Gasteiger partial charge in [0.25, 0.3) is 5.91 Å². The van der Waals surface area contributed by atoms with Gasteiger partial charge in [-0.3, -0.25) is 14.5 Å². The van der Waals surface area contributed by atoms with Crippen LogP contribution in [0.1, 0.15) is 26.7 Å². The first-order valence-corrected chi connectivity index (χ1v) is 7.71. The SMILES string of the molecule is CC(C)C1C(=O)N2CCCC2C(=O)N1c1ccsc1. The molecule has 0 saturated carbocycles. The van der Waals surface area contributed by atoms with Gasteiger partial charge in [-0.15, -0.1) is 0 Å². The molecule has 2 aliphatic rings. The Kier molecular flexibility index (Phi) is 3.09. The van der Waals surface area contributed by atoms with Gasteiger partial charge in [-0.05, 0) is 30.2 Å². The van der Waals surface area contributed by atoms with Gasteiger partial charge in [0, 0.05) is 11.9 Å². The van der Waals surface area contributed by atoms with Crippen molar-refractivity contribution in [1.82, 2.24) is 4.90 Å². The Bertz CT molecular complexity index is 498. The second kappa shape index (κ2) is 4.63. The second-order valence-corrected chi connectivity index (χ2v) is 6.35. The van der Waals surface area contributed by atoms with E-state index in [4.69, 9.17) is 0 Å². The lowest BCUT2D eigenvalue weighted by molar-refractivity contribution is -0.145. The molecule has 0 radical (unpaired) electrons. The number of carbonyl (C=O) groups is 2. The van der Waals surface area contributed by atoms with E-state index in [1.165, 1.54) is 0 Å². The Morgan fingerprint density at radius 2 is 2.11 bits per heavy atom. The molecule has 5 heteroatoms. The molecular weight excluding hydrogens is 260 g/mol. The molecule has 3 heterocycles. The maximum Gasteiger partial charge on any atom is 0.250 e. The highest BCUT2D eigenvalue weighted by atomic mass is 32.1. The van der Waals surface area contributed by atoms with Crippen LogP contribution in [0.25, 0.3) is 0 Å². The van der Waals surface area contributed by atoms with Crippen molar-refractivity contribution < 1.29 is 9.59 Å². The molecule has 0 aromatic carbocycles. The fraction of sp³-hybridized carbons (Fsp3) is 0.571. The molecule has 0 bridgehead atoms. The van der Waals surface area contributed by atoms with Crippen molar-refractivity contribution in [3.05, 3.63) is 16.8 Å². The van der Waals surface area contributed by atoms with Gasteiger partial charge in [0.05, 0.1) is 5.69 Å². The summed E-state index contributed by atoms with van der Waals surface area (Å²) >= 11 is 1.56. The molecule has 0 aliphatic carbocycles. The van der Waals surface area contributed by atoms with E-state index in [1.807, 2.05) is 30.7 Å². The Hall–Kier alpha value is -1.36. The predicted octanol–water partition coefficient (Wildman–Crippen LogP) is 2.11. The number of hydrogen-bond donors (Lipinski definition) is 0. The molecule has 0 spiro atoms. The van der Waals surface area contributed by atoms with Crippen LogP contribution in [0.4, 0.5) is 5.69 Å². The van der Waals surface area contributed by atoms with E-state index >= 15 is 0 Å². The summed E-state index contributed by atoms with van der Waals surface area (Å²) in [5, 5.41) is 3.90. The number of thiophene rings is 1. The van der Waals surface area contributed by atoms with E-state index in [9.17, 15) is 9.59 Å². The zero-order valence-corrected chi connectivity index (χ0v) is 12.0. The maximum atomic E-state index is 12.7. The zero-order chi connectivity index (χ0) is 13.6. The van der Waals surface area contributed by atoms with E-state index in [1.54, 1.807) is 21.1 Å². The Morgan fingerprint density at radius 1 is 1.32 bits per heavy atom. The first kappa shape index (κ1) is 12.7. The van der Waals surface area contributed by atoms with Crippen LogP contribution >= 0.6 is 11.3 Å². The summed E-state index contributed by atoms with van der Waals surface area (Å²) in [6.45, 7) is 4.74. The molecule has 2 aliphatic heterocycles. The summed E-state index contributed by atoms with van der Waals surface area (Å²) in [7, 11) is 0. The van der Waals surface area contributed by atoms with Crippen molar-refractivity contribution in [1.29, 1.82) is 0 Å². The van der Waals surface area contributed by atoms with Gasteiger partial charge in [-0.2, -0.15) is 11.3 Å². The zero-order valence-electron chi connectivity index (χ0n) is 11.2. The van der Waals surface area contributed by atoms with E-state index in [2.05, 4.69) is 0 Å². The lowest BCUT2D eigenvalue weighted by Crippen LogP contribution is -2.64. The molecule has 0 N–H and O–H groups in total. The van der Waals surface area contributed by atoms with Crippen LogP contribution in [0.5, 0.6) is 0 Å². The van der Waals surface area contributed by atoms with Crippen LogP contribution < -0.4 is 4.90 Å². The highest BCUT2D eigenvalue weighted by molar-refractivity contribution is 7.08. The van der Waals surface area contributed by atoms with Crippen LogP contribution in [-0.2, 0) is 9.59 Å². The van der Waals surface area contributed by atoms with Gasteiger partial charge in [-0.1, -0.05) is 13.8 Å². The third kappa shape index (κ3) is 1.87. The maximum absolute atomic E-state index is 12.7. The van der Waals surface area contributed by atoms with Crippen LogP contribution in [0.15, 0.2) is 16.8 Å². The largest absolute Gasteiger partial charge is 0.329 e. The molecule has 4 nitrogen and oxygen atoms in total. The fourth-order valence-electron chi connectivity index (χ4n) is 3.13. The number of carbonyl (C=O) groups excluding carboxylic acids is 2. The first-order valence-electron chi connectivity index (χ1n) is 6.77. The van der Waals surface area contributed by atoms with Gasteiger partial charge in [0.15, 0.2) is 0 Å². The summed E-state index contributed by atoms with van der Waals surface area (Å²) in [4.78, 5) is 28.9. The summed E-state index contributed by atoms with van der Waals surface area (Å²) in [6.07, 6.45) is 1.74. The molecule has 2 amide bonds. The number of nitrogens with zero attached hydrogens (tertiary/aromatic N) is 2. The molecule has 2 saturated heterocycles. The summed E-state index contributed by atoms with van der Waals surface area (Å²) in [5.74, 6) is 0.329. The van der Waals surface area contributed by atoms with Gasteiger partial charge < -0.3 is 4.90 Å². The van der Waals surface area contributed by atoms with Crippen LogP contribution in [0.3, 0.4) is 0 Å². The highest BCUT2D eigenvalue weighted by Crippen LogP contribution is 2.34. The summed E-state index contributed by atoms with van der Waals surface area (Å²) < 4.78 is 0. The number of amides is 2. The molecule has 2 unspecified atom stereocenters. The smallest absolute Gasteiger partial charge is 0.250 e. The van der Waals surface area contributed by atoms with E-state index in [0.717, 1.165) is 25.1 Å². The van der Waals surface area contributed by atoms with Crippen LogP contribution in [0, 0.1) is 5.92 Å². The lowest BCUT2D eigenvalue weighted by Gasteiger charge is -2.43. The number of anilines is 1. The minimum Gasteiger partial charge on any atom is -0.329 e. The molecule has 2 atom stereocenters. The number of hydrogen-bond acceptors (Lipinski definition) is 3. The Balaban J connectivity index is 2.03. The fourth-order valence-corrected chi connectivity index (χ4v) is 3.76. The molecule has 3 rings (SSSR count). The summed E-state index contributed by atoms with van der Waals surface area (Å²) in [6, 6.07) is 1.34. The van der Waals surface area contributed by atoms with Gasteiger partial charge >= 0.3 is 0 Å². The minimum atomic E-state index is -0.351. The monoisotopic (exact) mass is 278 g/mol. The number of rotatable bonds is 2. The van der Waals surface area contributed by atoms with Gasteiger partial charge in [0.2, 0.25) is 5.91 Å². The minimum absolute atomic E-state index is 0.0919. The van der Waals surface area contributed by atoms with Crippen molar-refractivity contribution in [2.45, 2.75) is 38.8 Å². The van der Waals surface area contributed by atoms with Crippen molar-refractivity contribution in [2.24, 2.45) is 5.92 Å². The standard InChI is InChI=1S/C14H18N2O2S/c1-9(2)12-14(18)15-6-3-4-11(15)13(17)16(12)10-5-7-19-8-10/h5,7-9,11-12H,3-4,6H2,1-2H3. The first-order chi connectivity index (χ1) is 9.11. The topological polar surface area (TPSA) is 40.6 Å². The summed E-state index contributed by atoms with van der Waals surface area (Å²) in [5.41, 5.74) is 0.869. The Morgan fingerprint density at radius 3 is 2.74 bits per heavy atom. The van der Waals surface area contributed by atoms with E-state index in [0.29, 0.717) is 0 Å². The van der Waals surface area contributed by atoms with Crippen LogP contribution in [0.2, 0.25) is 0 Å². The Labute approximate surface area is 117 Å². The quantitative estimate of drug-likeness (QED) is 0.831. The molecule has 19 heavy (non-hydrogen) atoms. The van der Waals surface area contributed by atoms with Gasteiger partial charge in [0.1, 0.15) is 12.1 Å². The number of fused-ring (bicyclic) bond motifs is 1. The number of piperazine rings is 1. The third-order valence-corrected chi connectivity index (χ3v) is 4.68. The molecule has 1 aromatic heterocycles. The lowest BCUT2D eigenvalue weighted by atomic mass is 9.95. The van der Waals surface area contributed by atoms with E-state index in [-0.39, 0.29) is 29.8 Å². The van der Waals surface area contributed by atoms with Gasteiger partial charge in [-0.25, -0.2) is 0 Å². The molecule has 1 aromatic rings. The molecular formula is C14H18N2O2S. The van der Waals surface area contributed by atoms with E-state index < -0.39 is 0 Å². The highest BCUT2D eigenvalue weighted by Gasteiger charge is 2.49. The van der Waals surface area contributed by atoms with Crippen molar-refractivity contribution in [2.75, 3.05) is 11.4 Å². The molecule has 2 fully saturated rings. The second-order valence-electron chi connectivity index (χ2n) is 5.57.